The van der Waals surface area contributed by atoms with E-state index in [-0.39, 0.29) is 10.8 Å². The van der Waals surface area contributed by atoms with E-state index in [1.54, 1.807) is 0 Å². The van der Waals surface area contributed by atoms with Crippen LogP contribution in [0.1, 0.15) is 11.1 Å². The second-order valence-corrected chi connectivity index (χ2v) is 4.83. The van der Waals surface area contributed by atoms with Gasteiger partial charge in [-0.15, -0.1) is 0 Å². The minimum Gasteiger partial charge on any atom is -0.358 e. The largest absolute Gasteiger partial charge is 0.358 e. The Labute approximate surface area is 121 Å². The molecule has 0 radical (unpaired) electrons. The molecule has 0 bridgehead atoms. The van der Waals surface area contributed by atoms with Crippen molar-refractivity contribution in [3.8, 4) is 0 Å². The first kappa shape index (κ1) is 14.4. The summed E-state index contributed by atoms with van der Waals surface area (Å²) >= 11 is 5.07. The Bertz CT molecular complexity index is 612. The van der Waals surface area contributed by atoms with Crippen LogP contribution in [0.15, 0.2) is 42.5 Å². The van der Waals surface area contributed by atoms with E-state index in [0.29, 0.717) is 6.54 Å². The van der Waals surface area contributed by atoms with Crippen molar-refractivity contribution in [2.45, 2.75) is 13.5 Å². The zero-order chi connectivity index (χ0) is 14.5. The second-order valence-electron chi connectivity index (χ2n) is 4.42. The molecule has 104 valence electrons. The van der Waals surface area contributed by atoms with Gasteiger partial charge >= 0.3 is 0 Å². The summed E-state index contributed by atoms with van der Waals surface area (Å²) in [6, 6.07) is 11.3. The van der Waals surface area contributed by atoms with Crippen LogP contribution in [-0.4, -0.2) is 5.11 Å². The molecule has 2 rings (SSSR count). The van der Waals surface area contributed by atoms with Crippen LogP contribution in [0.25, 0.3) is 0 Å². The van der Waals surface area contributed by atoms with Gasteiger partial charge in [-0.2, -0.15) is 0 Å². The van der Waals surface area contributed by atoms with Gasteiger partial charge in [0.15, 0.2) is 5.11 Å². The predicted molar refractivity (Wildman–Crippen MR) is 80.6 cm³/mol. The summed E-state index contributed by atoms with van der Waals surface area (Å²) in [5, 5.41) is 5.95. The SMILES string of the molecule is Cc1ccc(CNC(=S)Nc2ccc(F)cc2F)cc1. The van der Waals surface area contributed by atoms with Crippen molar-refractivity contribution >= 4 is 23.0 Å². The van der Waals surface area contributed by atoms with E-state index >= 15 is 0 Å². The maximum absolute atomic E-state index is 13.4. The number of rotatable bonds is 3. The number of anilines is 1. The molecule has 0 aliphatic rings. The zero-order valence-electron chi connectivity index (χ0n) is 10.9. The lowest BCUT2D eigenvalue weighted by Crippen LogP contribution is -2.28. The van der Waals surface area contributed by atoms with Crippen LogP contribution in [0.5, 0.6) is 0 Å². The molecule has 5 heteroatoms. The van der Waals surface area contributed by atoms with Crippen LogP contribution in [0.2, 0.25) is 0 Å². The molecule has 2 aromatic carbocycles. The maximum atomic E-state index is 13.4. The zero-order valence-corrected chi connectivity index (χ0v) is 11.7. The van der Waals surface area contributed by atoms with Gasteiger partial charge in [0.1, 0.15) is 11.6 Å². The number of halogens is 2. The normalized spacial score (nSPS) is 10.2. The van der Waals surface area contributed by atoms with Crippen molar-refractivity contribution in [3.63, 3.8) is 0 Å². The van der Waals surface area contributed by atoms with Crippen LogP contribution in [0.4, 0.5) is 14.5 Å². The fourth-order valence-corrected chi connectivity index (χ4v) is 1.83. The Morgan fingerprint density at radius 2 is 1.80 bits per heavy atom. The van der Waals surface area contributed by atoms with E-state index < -0.39 is 11.6 Å². The van der Waals surface area contributed by atoms with Gasteiger partial charge < -0.3 is 10.6 Å². The van der Waals surface area contributed by atoms with Gasteiger partial charge in [0.25, 0.3) is 0 Å². The van der Waals surface area contributed by atoms with E-state index in [9.17, 15) is 8.78 Å². The highest BCUT2D eigenvalue weighted by Crippen LogP contribution is 2.14. The van der Waals surface area contributed by atoms with Gasteiger partial charge in [-0.1, -0.05) is 29.8 Å². The fourth-order valence-electron chi connectivity index (χ4n) is 1.65. The Morgan fingerprint density at radius 3 is 2.45 bits per heavy atom. The monoisotopic (exact) mass is 292 g/mol. The summed E-state index contributed by atoms with van der Waals surface area (Å²) in [4.78, 5) is 0. The molecule has 2 nitrogen and oxygen atoms in total. The Kier molecular flexibility index (Phi) is 4.63. The molecule has 0 saturated heterocycles. The fraction of sp³-hybridized carbons (Fsp3) is 0.133. The molecule has 0 aromatic heterocycles. The number of benzene rings is 2. The molecule has 0 spiro atoms. The van der Waals surface area contributed by atoms with E-state index in [1.165, 1.54) is 17.7 Å². The summed E-state index contributed by atoms with van der Waals surface area (Å²) < 4.78 is 26.2. The first-order chi connectivity index (χ1) is 9.54. The molecule has 20 heavy (non-hydrogen) atoms. The van der Waals surface area contributed by atoms with E-state index in [4.69, 9.17) is 12.2 Å². The summed E-state index contributed by atoms with van der Waals surface area (Å²) in [7, 11) is 0. The van der Waals surface area contributed by atoms with Gasteiger partial charge in [0.2, 0.25) is 0 Å². The first-order valence-corrected chi connectivity index (χ1v) is 6.51. The summed E-state index contributed by atoms with van der Waals surface area (Å²) in [5.41, 5.74) is 2.40. The van der Waals surface area contributed by atoms with Gasteiger partial charge in [-0.05, 0) is 36.8 Å². The first-order valence-electron chi connectivity index (χ1n) is 6.10. The average molecular weight is 292 g/mol. The molecular weight excluding hydrogens is 278 g/mol. The molecule has 0 amide bonds. The van der Waals surface area contributed by atoms with Crippen LogP contribution < -0.4 is 10.6 Å². The summed E-state index contributed by atoms with van der Waals surface area (Å²) in [6.45, 7) is 2.55. The number of aryl methyl sites for hydroxylation is 1. The average Bonchev–Trinajstić information content (AvgIpc) is 2.41. The predicted octanol–water partition coefficient (Wildman–Crippen LogP) is 3.76. The standard InChI is InChI=1S/C15H14F2N2S/c1-10-2-4-11(5-3-10)9-18-15(20)19-14-7-6-12(16)8-13(14)17/h2-8H,9H2,1H3,(H2,18,19,20). The van der Waals surface area contributed by atoms with Crippen molar-refractivity contribution in [3.05, 3.63) is 65.2 Å². The highest BCUT2D eigenvalue weighted by molar-refractivity contribution is 7.80. The van der Waals surface area contributed by atoms with Crippen molar-refractivity contribution in [2.75, 3.05) is 5.32 Å². The molecule has 0 fully saturated rings. The van der Waals surface area contributed by atoms with Crippen LogP contribution in [0, 0.1) is 18.6 Å². The molecule has 2 aromatic rings. The number of thiocarbonyl (C=S) groups is 1. The summed E-state index contributed by atoms with van der Waals surface area (Å²) in [6.07, 6.45) is 0. The molecule has 0 heterocycles. The maximum Gasteiger partial charge on any atom is 0.171 e. The van der Waals surface area contributed by atoms with E-state index in [2.05, 4.69) is 10.6 Å². The molecule has 0 aliphatic carbocycles. The lowest BCUT2D eigenvalue weighted by atomic mass is 10.1. The second kappa shape index (κ2) is 6.43. The highest BCUT2D eigenvalue weighted by atomic mass is 32.1. The Hall–Kier alpha value is -2.01. The minimum atomic E-state index is -0.676. The summed E-state index contributed by atoms with van der Waals surface area (Å²) in [5.74, 6) is -1.30. The minimum absolute atomic E-state index is 0.146. The Morgan fingerprint density at radius 1 is 1.10 bits per heavy atom. The molecule has 0 unspecified atom stereocenters. The number of hydrogen-bond donors (Lipinski definition) is 2. The number of nitrogens with one attached hydrogen (secondary N) is 2. The lowest BCUT2D eigenvalue weighted by molar-refractivity contribution is 0.586. The van der Waals surface area contributed by atoms with E-state index in [1.807, 2.05) is 31.2 Å². The Balaban J connectivity index is 1.90. The number of hydrogen-bond acceptors (Lipinski definition) is 1. The third-order valence-electron chi connectivity index (χ3n) is 2.75. The van der Waals surface area contributed by atoms with Crippen molar-refractivity contribution < 1.29 is 8.78 Å². The molecule has 0 atom stereocenters. The van der Waals surface area contributed by atoms with Gasteiger partial charge in [-0.3, -0.25) is 0 Å². The lowest BCUT2D eigenvalue weighted by Gasteiger charge is -2.11. The van der Waals surface area contributed by atoms with Crippen molar-refractivity contribution in [1.82, 2.24) is 5.32 Å². The van der Waals surface area contributed by atoms with Gasteiger partial charge in [-0.25, -0.2) is 8.78 Å². The quantitative estimate of drug-likeness (QED) is 0.842. The third-order valence-corrected chi connectivity index (χ3v) is 3.00. The molecule has 0 aliphatic heterocycles. The smallest absolute Gasteiger partial charge is 0.171 e. The van der Waals surface area contributed by atoms with Gasteiger partial charge in [0.05, 0.1) is 5.69 Å². The molecule has 2 N–H and O–H groups in total. The molecule has 0 saturated carbocycles. The highest BCUT2D eigenvalue weighted by Gasteiger charge is 2.05. The van der Waals surface area contributed by atoms with E-state index in [0.717, 1.165) is 11.6 Å². The van der Waals surface area contributed by atoms with Crippen LogP contribution in [-0.2, 0) is 6.54 Å². The topological polar surface area (TPSA) is 24.1 Å². The van der Waals surface area contributed by atoms with Gasteiger partial charge in [0, 0.05) is 12.6 Å². The van der Waals surface area contributed by atoms with Crippen LogP contribution in [0.3, 0.4) is 0 Å². The van der Waals surface area contributed by atoms with Crippen molar-refractivity contribution in [2.24, 2.45) is 0 Å². The third kappa shape index (κ3) is 3.99. The molecular formula is C15H14F2N2S. The van der Waals surface area contributed by atoms with Crippen LogP contribution >= 0.6 is 12.2 Å². The van der Waals surface area contributed by atoms with Crippen molar-refractivity contribution in [1.29, 1.82) is 0 Å².